The Morgan fingerprint density at radius 2 is 1.76 bits per heavy atom. The van der Waals surface area contributed by atoms with Crippen molar-refractivity contribution >= 4 is 17.4 Å². The van der Waals surface area contributed by atoms with Gasteiger partial charge in [0.1, 0.15) is 23.1 Å². The summed E-state index contributed by atoms with van der Waals surface area (Å²) >= 11 is 0. The van der Waals surface area contributed by atoms with Gasteiger partial charge in [-0.25, -0.2) is 9.97 Å². The Hall–Kier alpha value is -3.41. The van der Waals surface area contributed by atoms with Crippen molar-refractivity contribution < 1.29 is 9.53 Å². The van der Waals surface area contributed by atoms with Crippen LogP contribution >= 0.6 is 0 Å². The number of amides is 1. The zero-order valence-electron chi connectivity index (χ0n) is 17.2. The predicted molar refractivity (Wildman–Crippen MR) is 116 cm³/mol. The molecule has 0 aliphatic carbocycles. The van der Waals surface area contributed by atoms with Gasteiger partial charge in [0, 0.05) is 18.3 Å². The highest BCUT2D eigenvalue weighted by molar-refractivity contribution is 6.03. The number of nitrogens with zero attached hydrogens (tertiary/aromatic N) is 2. The molecule has 0 spiro atoms. The largest absolute Gasteiger partial charge is 0.497 e. The normalized spacial score (nSPS) is 10.5. The molecule has 6 heteroatoms. The second kappa shape index (κ2) is 9.19. The van der Waals surface area contributed by atoms with E-state index in [0.29, 0.717) is 23.9 Å². The molecule has 0 radical (unpaired) electrons. The minimum Gasteiger partial charge on any atom is -0.497 e. The number of nitrogens with one attached hydrogen (secondary N) is 2. The lowest BCUT2D eigenvalue weighted by atomic mass is 10.1. The van der Waals surface area contributed by atoms with Crippen LogP contribution in [0, 0.1) is 20.8 Å². The predicted octanol–water partition coefficient (Wildman–Crippen LogP) is 4.32. The number of carbonyl (C=O) groups is 1. The van der Waals surface area contributed by atoms with Crippen LogP contribution < -0.4 is 15.4 Å². The van der Waals surface area contributed by atoms with Crippen LogP contribution in [0.15, 0.2) is 48.5 Å². The number of hydrogen-bond acceptors (Lipinski definition) is 5. The van der Waals surface area contributed by atoms with E-state index in [4.69, 9.17) is 4.74 Å². The van der Waals surface area contributed by atoms with E-state index in [1.807, 2.05) is 44.2 Å². The summed E-state index contributed by atoms with van der Waals surface area (Å²) in [5.74, 6) is 1.76. The Labute approximate surface area is 171 Å². The third-order valence-corrected chi connectivity index (χ3v) is 4.40. The van der Waals surface area contributed by atoms with Crippen molar-refractivity contribution in [2.24, 2.45) is 0 Å². The summed E-state index contributed by atoms with van der Waals surface area (Å²) in [7, 11) is 1.66. The number of carbonyl (C=O) groups excluding carboxylic acids is 1. The van der Waals surface area contributed by atoms with Crippen molar-refractivity contribution in [2.75, 3.05) is 24.3 Å². The first-order valence-corrected chi connectivity index (χ1v) is 9.55. The maximum absolute atomic E-state index is 12.7. The molecule has 1 aromatic heterocycles. The van der Waals surface area contributed by atoms with Crippen LogP contribution in [0.1, 0.15) is 33.0 Å². The molecular formula is C23H26N4O2. The third-order valence-electron chi connectivity index (χ3n) is 4.40. The van der Waals surface area contributed by atoms with E-state index in [9.17, 15) is 4.79 Å². The Morgan fingerprint density at radius 1 is 1.00 bits per heavy atom. The molecular weight excluding hydrogens is 364 g/mol. The Balaban J connectivity index is 1.66. The zero-order chi connectivity index (χ0) is 20.8. The number of anilines is 2. The molecule has 2 N–H and O–H groups in total. The molecule has 0 aliphatic rings. The third kappa shape index (κ3) is 5.78. The summed E-state index contributed by atoms with van der Waals surface area (Å²) in [4.78, 5) is 21.3. The van der Waals surface area contributed by atoms with E-state index in [1.54, 1.807) is 20.1 Å². The maximum Gasteiger partial charge on any atom is 0.274 e. The van der Waals surface area contributed by atoms with Crippen molar-refractivity contribution in [3.8, 4) is 5.75 Å². The summed E-state index contributed by atoms with van der Waals surface area (Å²) in [5, 5.41) is 6.19. The highest BCUT2D eigenvalue weighted by Crippen LogP contribution is 2.16. The number of ether oxygens (including phenoxy) is 1. The SMILES string of the molecule is COc1cccc(CCNc2cc(C(=O)Nc3cc(C)cc(C)c3)nc(C)n2)c1. The average Bonchev–Trinajstić information content (AvgIpc) is 2.67. The first-order chi connectivity index (χ1) is 13.9. The summed E-state index contributed by atoms with van der Waals surface area (Å²) in [6.07, 6.45) is 0.810. The van der Waals surface area contributed by atoms with Gasteiger partial charge in [-0.2, -0.15) is 0 Å². The molecule has 1 amide bonds. The molecule has 0 atom stereocenters. The smallest absolute Gasteiger partial charge is 0.274 e. The lowest BCUT2D eigenvalue weighted by Crippen LogP contribution is -2.16. The molecule has 150 valence electrons. The number of rotatable bonds is 7. The summed E-state index contributed by atoms with van der Waals surface area (Å²) in [6.45, 7) is 6.46. The van der Waals surface area contributed by atoms with Gasteiger partial charge in [-0.1, -0.05) is 18.2 Å². The molecule has 0 fully saturated rings. The molecule has 29 heavy (non-hydrogen) atoms. The fourth-order valence-electron chi connectivity index (χ4n) is 3.18. The Kier molecular flexibility index (Phi) is 6.44. The monoisotopic (exact) mass is 390 g/mol. The van der Waals surface area contributed by atoms with Crippen LogP contribution in [0.25, 0.3) is 0 Å². The van der Waals surface area contributed by atoms with Gasteiger partial charge in [-0.15, -0.1) is 0 Å². The van der Waals surface area contributed by atoms with Gasteiger partial charge in [0.25, 0.3) is 5.91 Å². The van der Waals surface area contributed by atoms with E-state index < -0.39 is 0 Å². The van der Waals surface area contributed by atoms with Gasteiger partial charge < -0.3 is 15.4 Å². The van der Waals surface area contributed by atoms with Gasteiger partial charge >= 0.3 is 0 Å². The van der Waals surface area contributed by atoms with Crippen LogP contribution in [-0.4, -0.2) is 29.5 Å². The van der Waals surface area contributed by atoms with Gasteiger partial charge in [0.2, 0.25) is 0 Å². The summed E-state index contributed by atoms with van der Waals surface area (Å²) in [5.41, 5.74) is 4.45. The van der Waals surface area contributed by atoms with E-state index in [-0.39, 0.29) is 5.91 Å². The molecule has 0 aliphatic heterocycles. The molecule has 3 aromatic rings. The van der Waals surface area contributed by atoms with Gasteiger partial charge in [0.15, 0.2) is 0 Å². The minimum atomic E-state index is -0.253. The Morgan fingerprint density at radius 3 is 2.48 bits per heavy atom. The number of hydrogen-bond donors (Lipinski definition) is 2. The number of methoxy groups -OCH3 is 1. The first-order valence-electron chi connectivity index (χ1n) is 9.55. The van der Waals surface area contributed by atoms with Crippen LogP contribution in [0.5, 0.6) is 5.75 Å². The van der Waals surface area contributed by atoms with Gasteiger partial charge in [-0.3, -0.25) is 4.79 Å². The van der Waals surface area contributed by atoms with E-state index >= 15 is 0 Å². The Bertz CT molecular complexity index is 997. The molecule has 0 saturated carbocycles. The highest BCUT2D eigenvalue weighted by atomic mass is 16.5. The fourth-order valence-corrected chi connectivity index (χ4v) is 3.18. The van der Waals surface area contributed by atoms with Gasteiger partial charge in [0.05, 0.1) is 7.11 Å². The van der Waals surface area contributed by atoms with E-state index in [0.717, 1.165) is 34.5 Å². The van der Waals surface area contributed by atoms with Crippen molar-refractivity contribution in [1.82, 2.24) is 9.97 Å². The number of aryl methyl sites for hydroxylation is 3. The topological polar surface area (TPSA) is 76.1 Å². The lowest BCUT2D eigenvalue weighted by Gasteiger charge is -2.10. The standard InChI is InChI=1S/C23H26N4O2/c1-15-10-16(2)12-19(11-15)27-23(28)21-14-22(26-17(3)25-21)24-9-8-18-6-5-7-20(13-18)29-4/h5-7,10-14H,8-9H2,1-4H3,(H,27,28)(H,24,25,26). The first kappa shape index (κ1) is 20.3. The van der Waals surface area contributed by atoms with Crippen molar-refractivity contribution in [3.63, 3.8) is 0 Å². The minimum absolute atomic E-state index is 0.253. The molecule has 0 unspecified atom stereocenters. The number of aromatic nitrogens is 2. The quantitative estimate of drug-likeness (QED) is 0.628. The van der Waals surface area contributed by atoms with Crippen molar-refractivity contribution in [3.05, 3.63) is 76.7 Å². The van der Waals surface area contributed by atoms with Gasteiger partial charge in [-0.05, 0) is 68.1 Å². The fraction of sp³-hybridized carbons (Fsp3) is 0.261. The molecule has 0 bridgehead atoms. The van der Waals surface area contributed by atoms with Crippen LogP contribution in [0.2, 0.25) is 0 Å². The molecule has 0 saturated heterocycles. The zero-order valence-corrected chi connectivity index (χ0v) is 17.2. The molecule has 1 heterocycles. The van der Waals surface area contributed by atoms with E-state index in [1.165, 1.54) is 0 Å². The second-order valence-electron chi connectivity index (χ2n) is 7.04. The van der Waals surface area contributed by atoms with Crippen LogP contribution in [0.4, 0.5) is 11.5 Å². The maximum atomic E-state index is 12.7. The summed E-state index contributed by atoms with van der Waals surface area (Å²) < 4.78 is 5.26. The lowest BCUT2D eigenvalue weighted by molar-refractivity contribution is 0.102. The van der Waals surface area contributed by atoms with Crippen molar-refractivity contribution in [2.45, 2.75) is 27.2 Å². The molecule has 2 aromatic carbocycles. The second-order valence-corrected chi connectivity index (χ2v) is 7.04. The highest BCUT2D eigenvalue weighted by Gasteiger charge is 2.11. The van der Waals surface area contributed by atoms with Crippen LogP contribution in [0.3, 0.4) is 0 Å². The van der Waals surface area contributed by atoms with E-state index in [2.05, 4.69) is 32.7 Å². The molecule has 3 rings (SSSR count). The average molecular weight is 390 g/mol. The van der Waals surface area contributed by atoms with Crippen LogP contribution in [-0.2, 0) is 6.42 Å². The number of benzene rings is 2. The summed E-state index contributed by atoms with van der Waals surface area (Å²) in [6, 6.07) is 15.6. The van der Waals surface area contributed by atoms with Crippen molar-refractivity contribution in [1.29, 1.82) is 0 Å². The molecule has 6 nitrogen and oxygen atoms in total.